The fourth-order valence-electron chi connectivity index (χ4n) is 2.50. The number of anilines is 1. The van der Waals surface area contributed by atoms with Gasteiger partial charge in [0.2, 0.25) is 0 Å². The largest absolute Gasteiger partial charge is 0.373 e. The van der Waals surface area contributed by atoms with Crippen LogP contribution < -0.4 is 5.32 Å². The summed E-state index contributed by atoms with van der Waals surface area (Å²) in [4.78, 5) is 0. The quantitative estimate of drug-likeness (QED) is 0.833. The van der Waals surface area contributed by atoms with Crippen LogP contribution >= 0.6 is 0 Å². The number of para-hydroxylation sites is 1. The molecule has 0 amide bonds. The Morgan fingerprint density at radius 2 is 1.88 bits per heavy atom. The normalized spacial score (nSPS) is 34.6. The minimum Gasteiger partial charge on any atom is -0.373 e. The van der Waals surface area contributed by atoms with Gasteiger partial charge in [-0.2, -0.15) is 0 Å². The van der Waals surface area contributed by atoms with Gasteiger partial charge in [-0.15, -0.1) is 0 Å². The average Bonchev–Trinajstić information content (AvgIpc) is 2.99. The first kappa shape index (κ1) is 9.67. The lowest BCUT2D eigenvalue weighted by atomic mass is 10.1. The molecule has 82 valence electrons. The predicted octanol–water partition coefficient (Wildman–Crippen LogP) is 2.75. The molecule has 1 fully saturated rings. The molecule has 2 nitrogen and oxygen atoms in total. The summed E-state index contributed by atoms with van der Waals surface area (Å²) in [5.74, 6) is 0. The Bertz CT molecular complexity index is 451. The van der Waals surface area contributed by atoms with Crippen molar-refractivity contribution in [3.63, 3.8) is 0 Å². The Morgan fingerprint density at radius 1 is 1.12 bits per heavy atom. The number of allylic oxidation sites excluding steroid dienone is 2. The lowest BCUT2D eigenvalue weighted by molar-refractivity contribution is 0.109. The van der Waals surface area contributed by atoms with Crippen molar-refractivity contribution in [1.82, 2.24) is 0 Å². The lowest BCUT2D eigenvalue weighted by Crippen LogP contribution is -2.33. The second kappa shape index (κ2) is 3.22. The minimum absolute atomic E-state index is 0.0438. The third-order valence-corrected chi connectivity index (χ3v) is 3.53. The van der Waals surface area contributed by atoms with Crippen LogP contribution in [0.2, 0.25) is 0 Å². The average molecular weight is 213 g/mol. The third-order valence-electron chi connectivity index (χ3n) is 3.53. The summed E-state index contributed by atoms with van der Waals surface area (Å²) in [5.41, 5.74) is 0.955. The number of fused-ring (bicyclic) bond motifs is 1. The number of methoxy groups -OCH3 is 1. The fraction of sp³-hybridized carbons (Fsp3) is 0.286. The van der Waals surface area contributed by atoms with Crippen LogP contribution in [0.3, 0.4) is 0 Å². The zero-order valence-electron chi connectivity index (χ0n) is 9.31. The van der Waals surface area contributed by atoms with Gasteiger partial charge in [0, 0.05) is 19.2 Å². The van der Waals surface area contributed by atoms with E-state index in [4.69, 9.17) is 4.74 Å². The van der Waals surface area contributed by atoms with Crippen molar-refractivity contribution in [2.75, 3.05) is 12.4 Å². The second-order valence-electron chi connectivity index (χ2n) is 4.45. The van der Waals surface area contributed by atoms with E-state index in [-0.39, 0.29) is 11.1 Å². The number of hydrogen-bond acceptors (Lipinski definition) is 2. The molecule has 0 aliphatic heterocycles. The molecule has 1 aromatic rings. The molecule has 2 aliphatic rings. The van der Waals surface area contributed by atoms with Gasteiger partial charge in [-0.1, -0.05) is 42.5 Å². The van der Waals surface area contributed by atoms with Crippen LogP contribution in [0.4, 0.5) is 5.69 Å². The highest BCUT2D eigenvalue weighted by atomic mass is 16.5. The van der Waals surface area contributed by atoms with Crippen LogP contribution in [0.5, 0.6) is 0 Å². The molecular formula is C14H15NO. The van der Waals surface area contributed by atoms with E-state index in [1.54, 1.807) is 7.11 Å². The van der Waals surface area contributed by atoms with Crippen molar-refractivity contribution < 1.29 is 4.74 Å². The highest BCUT2D eigenvalue weighted by Gasteiger charge is 2.66. The van der Waals surface area contributed by atoms with E-state index >= 15 is 0 Å². The maximum Gasteiger partial charge on any atom is 0.115 e. The molecule has 1 N–H and O–H groups in total. The van der Waals surface area contributed by atoms with E-state index in [1.807, 2.05) is 18.2 Å². The molecule has 0 heterocycles. The van der Waals surface area contributed by atoms with Gasteiger partial charge in [-0.25, -0.2) is 0 Å². The lowest BCUT2D eigenvalue weighted by Gasteiger charge is -2.24. The molecule has 2 aliphatic carbocycles. The number of nitrogens with one attached hydrogen (secondary N) is 1. The molecule has 0 spiro atoms. The fourth-order valence-corrected chi connectivity index (χ4v) is 2.50. The first-order chi connectivity index (χ1) is 7.80. The van der Waals surface area contributed by atoms with E-state index in [1.165, 1.54) is 0 Å². The van der Waals surface area contributed by atoms with Gasteiger partial charge in [0.05, 0.1) is 5.54 Å². The molecule has 3 rings (SSSR count). The van der Waals surface area contributed by atoms with Crippen LogP contribution in [0.15, 0.2) is 54.6 Å². The molecule has 0 bridgehead atoms. The van der Waals surface area contributed by atoms with Crippen LogP contribution in [0, 0.1) is 0 Å². The predicted molar refractivity (Wildman–Crippen MR) is 65.4 cm³/mol. The SMILES string of the molecule is COC12C=CC=CC1(Nc1ccccc1)C2. The first-order valence-electron chi connectivity index (χ1n) is 5.56. The van der Waals surface area contributed by atoms with Crippen molar-refractivity contribution in [2.24, 2.45) is 0 Å². The Morgan fingerprint density at radius 3 is 2.62 bits per heavy atom. The van der Waals surface area contributed by atoms with E-state index in [2.05, 4.69) is 41.8 Å². The zero-order chi connectivity index (χ0) is 11.1. The summed E-state index contributed by atoms with van der Waals surface area (Å²) in [5, 5.41) is 3.56. The molecule has 0 saturated heterocycles. The van der Waals surface area contributed by atoms with Crippen LogP contribution in [0.25, 0.3) is 0 Å². The number of rotatable bonds is 3. The van der Waals surface area contributed by atoms with Crippen LogP contribution in [-0.2, 0) is 4.74 Å². The van der Waals surface area contributed by atoms with Crippen molar-refractivity contribution in [2.45, 2.75) is 17.6 Å². The van der Waals surface area contributed by atoms with Gasteiger partial charge < -0.3 is 10.1 Å². The summed E-state index contributed by atoms with van der Waals surface area (Å²) in [6.45, 7) is 0. The maximum atomic E-state index is 5.63. The molecule has 0 aromatic heterocycles. The number of benzene rings is 1. The van der Waals surface area contributed by atoms with Gasteiger partial charge in [0.25, 0.3) is 0 Å². The van der Waals surface area contributed by atoms with Crippen LogP contribution in [-0.4, -0.2) is 18.2 Å². The molecule has 0 radical (unpaired) electrons. The summed E-state index contributed by atoms with van der Waals surface area (Å²) in [7, 11) is 1.78. The maximum absolute atomic E-state index is 5.63. The molecular weight excluding hydrogens is 198 g/mol. The first-order valence-corrected chi connectivity index (χ1v) is 5.56. The summed E-state index contributed by atoms with van der Waals surface area (Å²) in [6, 6.07) is 10.3. The van der Waals surface area contributed by atoms with Crippen molar-refractivity contribution >= 4 is 5.69 Å². The highest BCUT2D eigenvalue weighted by Crippen LogP contribution is 2.56. The molecule has 1 aromatic carbocycles. The van der Waals surface area contributed by atoms with Gasteiger partial charge >= 0.3 is 0 Å². The number of hydrogen-bond donors (Lipinski definition) is 1. The second-order valence-corrected chi connectivity index (χ2v) is 4.45. The molecule has 1 saturated carbocycles. The zero-order valence-corrected chi connectivity index (χ0v) is 9.31. The molecule has 2 unspecified atom stereocenters. The Labute approximate surface area is 95.6 Å². The van der Waals surface area contributed by atoms with Gasteiger partial charge in [-0.05, 0) is 12.1 Å². The molecule has 2 atom stereocenters. The van der Waals surface area contributed by atoms with Crippen molar-refractivity contribution in [3.8, 4) is 0 Å². The van der Waals surface area contributed by atoms with E-state index in [0.29, 0.717) is 0 Å². The third kappa shape index (κ3) is 1.23. The monoisotopic (exact) mass is 213 g/mol. The highest BCUT2D eigenvalue weighted by molar-refractivity contribution is 5.57. The van der Waals surface area contributed by atoms with E-state index in [0.717, 1.165) is 12.1 Å². The van der Waals surface area contributed by atoms with Gasteiger partial charge in [-0.3, -0.25) is 0 Å². The molecule has 2 heteroatoms. The molecule has 16 heavy (non-hydrogen) atoms. The van der Waals surface area contributed by atoms with Crippen molar-refractivity contribution in [3.05, 3.63) is 54.6 Å². The van der Waals surface area contributed by atoms with Gasteiger partial charge in [0.1, 0.15) is 5.60 Å². The Hall–Kier alpha value is -1.54. The Kier molecular flexibility index (Phi) is 1.95. The van der Waals surface area contributed by atoms with Crippen LogP contribution in [0.1, 0.15) is 6.42 Å². The topological polar surface area (TPSA) is 21.3 Å². The van der Waals surface area contributed by atoms with E-state index < -0.39 is 0 Å². The minimum atomic E-state index is -0.141. The summed E-state index contributed by atoms with van der Waals surface area (Å²) >= 11 is 0. The van der Waals surface area contributed by atoms with E-state index in [9.17, 15) is 0 Å². The smallest absolute Gasteiger partial charge is 0.115 e. The Balaban J connectivity index is 1.87. The van der Waals surface area contributed by atoms with Crippen molar-refractivity contribution in [1.29, 1.82) is 0 Å². The summed E-state index contributed by atoms with van der Waals surface area (Å²) < 4.78 is 5.63. The number of ether oxygens (including phenoxy) is 1. The standard InChI is InChI=1S/C14H15NO/c1-16-14-10-6-5-9-13(14,11-14)15-12-7-3-2-4-8-12/h2-10,15H,11H2,1H3. The summed E-state index contributed by atoms with van der Waals surface area (Å²) in [6.07, 6.45) is 9.48. The van der Waals surface area contributed by atoms with Gasteiger partial charge in [0.15, 0.2) is 0 Å².